The Morgan fingerprint density at radius 2 is 1.55 bits per heavy atom. The lowest BCUT2D eigenvalue weighted by atomic mass is 10.0. The fourth-order valence-electron chi connectivity index (χ4n) is 1.78. The molecule has 1 nitrogen and oxygen atoms in total. The Kier molecular flexibility index (Phi) is 4.82. The van der Waals surface area contributed by atoms with Gasteiger partial charge in [0.05, 0.1) is 15.6 Å². The lowest BCUT2D eigenvalue weighted by Crippen LogP contribution is -2.08. The molecule has 0 bridgehead atoms. The van der Waals surface area contributed by atoms with Crippen LogP contribution in [-0.4, -0.2) is 6.61 Å². The molecule has 8 heteroatoms. The second-order valence-corrected chi connectivity index (χ2v) is 5.07. The average Bonchev–Trinajstić information content (AvgIpc) is 2.39. The van der Waals surface area contributed by atoms with Crippen molar-refractivity contribution >= 4 is 23.2 Å². The summed E-state index contributed by atoms with van der Waals surface area (Å²) in [5, 5.41) is 0.356. The SMILES string of the molecule is FC(F)Oc1cc(-c2ccc(Cl)c(Cl)c2)cc(C(F)(F)F)c1. The quantitative estimate of drug-likeness (QED) is 0.588. The van der Waals surface area contributed by atoms with Crippen LogP contribution >= 0.6 is 23.2 Å². The van der Waals surface area contributed by atoms with Crippen LogP contribution in [0.1, 0.15) is 5.56 Å². The summed E-state index contributed by atoms with van der Waals surface area (Å²) in [7, 11) is 0. The minimum Gasteiger partial charge on any atom is -0.435 e. The number of benzene rings is 2. The molecule has 2 aromatic rings. The summed E-state index contributed by atoms with van der Waals surface area (Å²) in [6.45, 7) is -3.23. The van der Waals surface area contributed by atoms with E-state index in [1.165, 1.54) is 18.2 Å². The monoisotopic (exact) mass is 356 g/mol. The molecular formula is C14H7Cl2F5O. The molecule has 0 heterocycles. The van der Waals surface area contributed by atoms with E-state index in [1.807, 2.05) is 0 Å². The molecule has 0 atom stereocenters. The third-order valence-corrected chi connectivity index (χ3v) is 3.45. The molecule has 0 aromatic heterocycles. The van der Waals surface area contributed by atoms with Crippen LogP contribution in [0.5, 0.6) is 5.75 Å². The first kappa shape index (κ1) is 16.8. The van der Waals surface area contributed by atoms with Crippen LogP contribution in [0.15, 0.2) is 36.4 Å². The predicted molar refractivity (Wildman–Crippen MR) is 73.5 cm³/mol. The van der Waals surface area contributed by atoms with Gasteiger partial charge in [-0.15, -0.1) is 0 Å². The lowest BCUT2D eigenvalue weighted by molar-refractivity contribution is -0.138. The van der Waals surface area contributed by atoms with Crippen molar-refractivity contribution in [3.05, 3.63) is 52.0 Å². The first-order valence-electron chi connectivity index (χ1n) is 5.79. The maximum atomic E-state index is 12.9. The second kappa shape index (κ2) is 6.30. The number of rotatable bonds is 3. The molecule has 0 N–H and O–H groups in total. The molecule has 0 radical (unpaired) electrons. The molecule has 0 saturated heterocycles. The third-order valence-electron chi connectivity index (χ3n) is 2.71. The van der Waals surface area contributed by atoms with E-state index in [0.29, 0.717) is 11.6 Å². The van der Waals surface area contributed by atoms with Crippen LogP contribution in [0, 0.1) is 0 Å². The van der Waals surface area contributed by atoms with Crippen molar-refractivity contribution in [3.8, 4) is 16.9 Å². The molecule has 0 saturated carbocycles. The fourth-order valence-corrected chi connectivity index (χ4v) is 2.07. The van der Waals surface area contributed by atoms with Gasteiger partial charge in [0.25, 0.3) is 0 Å². The van der Waals surface area contributed by atoms with Crippen LogP contribution in [0.2, 0.25) is 10.0 Å². The van der Waals surface area contributed by atoms with Crippen molar-refractivity contribution in [1.82, 2.24) is 0 Å². The summed E-state index contributed by atoms with van der Waals surface area (Å²) in [6, 6.07) is 6.56. The molecule has 2 rings (SSSR count). The number of ether oxygens (including phenoxy) is 1. The Bertz CT molecular complexity index is 685. The fraction of sp³-hybridized carbons (Fsp3) is 0.143. The largest absolute Gasteiger partial charge is 0.435 e. The molecule has 0 amide bonds. The van der Waals surface area contributed by atoms with Crippen molar-refractivity contribution < 1.29 is 26.7 Å². The summed E-state index contributed by atoms with van der Waals surface area (Å²) in [6.07, 6.45) is -4.70. The molecular weight excluding hydrogens is 350 g/mol. The van der Waals surface area contributed by atoms with Crippen molar-refractivity contribution in [2.75, 3.05) is 0 Å². The summed E-state index contributed by atoms with van der Waals surface area (Å²) in [4.78, 5) is 0. The Labute approximate surface area is 132 Å². The van der Waals surface area contributed by atoms with E-state index >= 15 is 0 Å². The molecule has 2 aromatic carbocycles. The van der Waals surface area contributed by atoms with Crippen molar-refractivity contribution in [2.45, 2.75) is 12.8 Å². The zero-order valence-corrected chi connectivity index (χ0v) is 12.1. The Balaban J connectivity index is 2.56. The van der Waals surface area contributed by atoms with Crippen molar-refractivity contribution in [3.63, 3.8) is 0 Å². The Hall–Kier alpha value is -1.53. The highest BCUT2D eigenvalue weighted by atomic mass is 35.5. The molecule has 0 aliphatic carbocycles. The number of halogens is 7. The van der Waals surface area contributed by atoms with Gasteiger partial charge in [-0.3, -0.25) is 0 Å². The van der Waals surface area contributed by atoms with Crippen LogP contribution < -0.4 is 4.74 Å². The van der Waals surface area contributed by atoms with Gasteiger partial charge in [0.15, 0.2) is 0 Å². The van der Waals surface area contributed by atoms with Crippen LogP contribution in [0.3, 0.4) is 0 Å². The van der Waals surface area contributed by atoms with Crippen LogP contribution in [-0.2, 0) is 6.18 Å². The van der Waals surface area contributed by atoms with E-state index < -0.39 is 24.1 Å². The number of hydrogen-bond acceptors (Lipinski definition) is 1. The van der Waals surface area contributed by atoms with Gasteiger partial charge in [0.1, 0.15) is 5.75 Å². The first-order valence-corrected chi connectivity index (χ1v) is 6.55. The molecule has 0 aliphatic heterocycles. The van der Waals surface area contributed by atoms with E-state index in [9.17, 15) is 22.0 Å². The smallest absolute Gasteiger partial charge is 0.416 e. The molecule has 0 aliphatic rings. The van der Waals surface area contributed by atoms with E-state index in [2.05, 4.69) is 4.74 Å². The van der Waals surface area contributed by atoms with Crippen LogP contribution in [0.4, 0.5) is 22.0 Å². The first-order chi connectivity index (χ1) is 10.2. The standard InChI is InChI=1S/C14H7Cl2F5O/c15-11-2-1-7(5-12(11)16)8-3-9(14(19,20)21)6-10(4-8)22-13(17)18/h1-6,13H. The maximum absolute atomic E-state index is 12.9. The molecule has 0 fully saturated rings. The second-order valence-electron chi connectivity index (χ2n) is 4.25. The van der Waals surface area contributed by atoms with E-state index in [1.54, 1.807) is 0 Å². The van der Waals surface area contributed by atoms with Gasteiger partial charge in [-0.1, -0.05) is 29.3 Å². The maximum Gasteiger partial charge on any atom is 0.416 e. The van der Waals surface area contributed by atoms with Gasteiger partial charge in [-0.2, -0.15) is 22.0 Å². The summed E-state index contributed by atoms with van der Waals surface area (Å²) in [5.74, 6) is -0.592. The van der Waals surface area contributed by atoms with Gasteiger partial charge in [-0.25, -0.2) is 0 Å². The molecule has 22 heavy (non-hydrogen) atoms. The Morgan fingerprint density at radius 1 is 0.864 bits per heavy atom. The summed E-state index contributed by atoms with van der Waals surface area (Å²) < 4.78 is 67.2. The minimum absolute atomic E-state index is 0.0315. The zero-order chi connectivity index (χ0) is 16.5. The van der Waals surface area contributed by atoms with Gasteiger partial charge in [0, 0.05) is 0 Å². The highest BCUT2D eigenvalue weighted by Crippen LogP contribution is 2.37. The van der Waals surface area contributed by atoms with E-state index in [0.717, 1.165) is 12.1 Å². The number of hydrogen-bond donors (Lipinski definition) is 0. The number of alkyl halides is 5. The van der Waals surface area contributed by atoms with Gasteiger partial charge >= 0.3 is 12.8 Å². The zero-order valence-electron chi connectivity index (χ0n) is 10.6. The Morgan fingerprint density at radius 3 is 2.09 bits per heavy atom. The lowest BCUT2D eigenvalue weighted by Gasteiger charge is -2.13. The third kappa shape index (κ3) is 4.01. The van der Waals surface area contributed by atoms with Gasteiger partial charge < -0.3 is 4.74 Å². The summed E-state index contributed by atoms with van der Waals surface area (Å²) >= 11 is 11.5. The molecule has 0 unspecified atom stereocenters. The molecule has 118 valence electrons. The van der Waals surface area contributed by atoms with E-state index in [4.69, 9.17) is 23.2 Å². The topological polar surface area (TPSA) is 9.23 Å². The normalized spacial score (nSPS) is 11.8. The highest BCUT2D eigenvalue weighted by Gasteiger charge is 2.31. The summed E-state index contributed by atoms with van der Waals surface area (Å²) in [5.41, 5.74) is -0.782. The minimum atomic E-state index is -4.70. The predicted octanol–water partition coefficient (Wildman–Crippen LogP) is 6.28. The van der Waals surface area contributed by atoms with Gasteiger partial charge in [-0.05, 0) is 41.5 Å². The highest BCUT2D eigenvalue weighted by molar-refractivity contribution is 6.42. The molecule has 0 spiro atoms. The van der Waals surface area contributed by atoms with E-state index in [-0.39, 0.29) is 15.6 Å². The van der Waals surface area contributed by atoms with Crippen molar-refractivity contribution in [2.24, 2.45) is 0 Å². The average molecular weight is 357 g/mol. The van der Waals surface area contributed by atoms with Crippen LogP contribution in [0.25, 0.3) is 11.1 Å². The van der Waals surface area contributed by atoms with Crippen molar-refractivity contribution in [1.29, 1.82) is 0 Å². The van der Waals surface area contributed by atoms with Gasteiger partial charge in [0.2, 0.25) is 0 Å².